The second-order valence-corrected chi connectivity index (χ2v) is 4.36. The van der Waals surface area contributed by atoms with E-state index in [-0.39, 0.29) is 5.97 Å². The highest BCUT2D eigenvalue weighted by Gasteiger charge is 1.98. The van der Waals surface area contributed by atoms with Gasteiger partial charge in [-0.2, -0.15) is 0 Å². The van der Waals surface area contributed by atoms with Crippen LogP contribution in [-0.2, 0) is 9.53 Å². The highest BCUT2D eigenvalue weighted by atomic mass is 16.5. The molecule has 0 spiro atoms. The molecule has 0 aromatic heterocycles. The summed E-state index contributed by atoms with van der Waals surface area (Å²) in [6, 6.07) is 0. The number of carbonyl (C=O) groups is 1. The van der Waals surface area contributed by atoms with Gasteiger partial charge in [-0.3, -0.25) is 4.79 Å². The molecule has 3 heteroatoms. The van der Waals surface area contributed by atoms with Crippen LogP contribution in [0.3, 0.4) is 0 Å². The molecule has 0 aromatic carbocycles. The van der Waals surface area contributed by atoms with Crippen LogP contribution in [0, 0.1) is 0 Å². The average Bonchev–Trinajstić information content (AvgIpc) is 2.31. The Morgan fingerprint density at radius 3 is 1.75 bits per heavy atom. The van der Waals surface area contributed by atoms with E-state index in [1.54, 1.807) is 0 Å². The van der Waals surface area contributed by atoms with Crippen molar-refractivity contribution >= 4 is 5.97 Å². The van der Waals surface area contributed by atoms with Crippen molar-refractivity contribution in [2.75, 3.05) is 13.7 Å². The fourth-order valence-electron chi connectivity index (χ4n) is 1.79. The molecule has 0 heterocycles. The van der Waals surface area contributed by atoms with Crippen molar-refractivity contribution in [1.29, 1.82) is 0 Å². The van der Waals surface area contributed by atoms with Crippen molar-refractivity contribution in [1.82, 2.24) is 0 Å². The lowest BCUT2D eigenvalue weighted by molar-refractivity contribution is -0.368. The zero-order valence-electron chi connectivity index (χ0n) is 10.8. The van der Waals surface area contributed by atoms with E-state index in [1.807, 2.05) is 0 Å². The molecule has 96 valence electrons. The zero-order valence-corrected chi connectivity index (χ0v) is 10.8. The summed E-state index contributed by atoms with van der Waals surface area (Å²) in [6.07, 6.45) is 12.0. The molecule has 0 saturated heterocycles. The van der Waals surface area contributed by atoms with Crippen LogP contribution >= 0.6 is 0 Å². The summed E-state index contributed by atoms with van der Waals surface area (Å²) in [5, 5.41) is 0. The Morgan fingerprint density at radius 1 is 0.875 bits per heavy atom. The smallest absolute Gasteiger partial charge is 0.305 e. The molecule has 0 saturated carbocycles. The molecule has 0 unspecified atom stereocenters. The number of methoxy groups -OCH3 is 1. The SMILES string of the molecule is COC(=O)CCCCCCCCCCC[NH3+]. The lowest BCUT2D eigenvalue weighted by Crippen LogP contribution is -2.50. The Labute approximate surface area is 99.7 Å². The molecule has 0 radical (unpaired) electrons. The predicted octanol–water partition coefficient (Wildman–Crippen LogP) is 2.30. The predicted molar refractivity (Wildman–Crippen MR) is 65.9 cm³/mol. The van der Waals surface area contributed by atoms with E-state index >= 15 is 0 Å². The van der Waals surface area contributed by atoms with Gasteiger partial charge in [-0.25, -0.2) is 0 Å². The first-order valence-corrected chi connectivity index (χ1v) is 6.67. The number of esters is 1. The molecule has 0 bridgehead atoms. The van der Waals surface area contributed by atoms with Crippen LogP contribution in [0.4, 0.5) is 0 Å². The first kappa shape index (κ1) is 15.4. The summed E-state index contributed by atoms with van der Waals surface area (Å²) in [4.78, 5) is 10.8. The number of hydrogen-bond donors (Lipinski definition) is 1. The fraction of sp³-hybridized carbons (Fsp3) is 0.923. The maximum Gasteiger partial charge on any atom is 0.305 e. The molecule has 0 fully saturated rings. The first-order chi connectivity index (χ1) is 7.81. The van der Waals surface area contributed by atoms with Crippen molar-refractivity contribution in [3.63, 3.8) is 0 Å². The molecule has 0 atom stereocenters. The van der Waals surface area contributed by atoms with E-state index in [4.69, 9.17) is 0 Å². The third-order valence-electron chi connectivity index (χ3n) is 2.86. The van der Waals surface area contributed by atoms with Crippen molar-refractivity contribution in [3.05, 3.63) is 0 Å². The van der Waals surface area contributed by atoms with Gasteiger partial charge < -0.3 is 10.5 Å². The van der Waals surface area contributed by atoms with Crippen LogP contribution in [0.15, 0.2) is 0 Å². The lowest BCUT2D eigenvalue weighted by Gasteiger charge is -2.01. The van der Waals surface area contributed by atoms with Gasteiger partial charge in [-0.15, -0.1) is 0 Å². The summed E-state index contributed by atoms with van der Waals surface area (Å²) in [6.45, 7) is 1.08. The second kappa shape index (κ2) is 12.5. The number of hydrogen-bond acceptors (Lipinski definition) is 2. The molecule has 16 heavy (non-hydrogen) atoms. The highest BCUT2D eigenvalue weighted by molar-refractivity contribution is 5.68. The first-order valence-electron chi connectivity index (χ1n) is 6.67. The maximum atomic E-state index is 10.8. The number of carbonyl (C=O) groups excluding carboxylic acids is 1. The Kier molecular flexibility index (Phi) is 12.1. The molecule has 0 aliphatic carbocycles. The van der Waals surface area contributed by atoms with Gasteiger partial charge >= 0.3 is 5.97 Å². The fourth-order valence-corrected chi connectivity index (χ4v) is 1.79. The van der Waals surface area contributed by atoms with Crippen molar-refractivity contribution in [3.8, 4) is 0 Å². The molecule has 0 aliphatic rings. The third-order valence-corrected chi connectivity index (χ3v) is 2.86. The zero-order chi connectivity index (χ0) is 12.1. The molecule has 0 amide bonds. The van der Waals surface area contributed by atoms with Crippen LogP contribution in [0.5, 0.6) is 0 Å². The molecule has 3 nitrogen and oxygen atoms in total. The summed E-state index contributed by atoms with van der Waals surface area (Å²) in [7, 11) is 1.45. The topological polar surface area (TPSA) is 53.9 Å². The molecule has 0 aromatic rings. The van der Waals surface area contributed by atoms with E-state index in [9.17, 15) is 4.79 Å². The van der Waals surface area contributed by atoms with E-state index in [2.05, 4.69) is 10.5 Å². The molecule has 0 aliphatic heterocycles. The molecular formula is C13H28NO2+. The number of rotatable bonds is 11. The molecular weight excluding hydrogens is 202 g/mol. The van der Waals surface area contributed by atoms with Gasteiger partial charge in [0.1, 0.15) is 0 Å². The van der Waals surface area contributed by atoms with Crippen molar-refractivity contribution in [2.45, 2.75) is 64.2 Å². The number of ether oxygens (including phenoxy) is 1. The lowest BCUT2D eigenvalue weighted by atomic mass is 10.1. The third kappa shape index (κ3) is 11.5. The van der Waals surface area contributed by atoms with Crippen LogP contribution in [0.1, 0.15) is 64.2 Å². The minimum atomic E-state index is -0.0758. The molecule has 0 rings (SSSR count). The largest absolute Gasteiger partial charge is 0.469 e. The highest BCUT2D eigenvalue weighted by Crippen LogP contribution is 2.10. The van der Waals surface area contributed by atoms with Crippen molar-refractivity contribution in [2.24, 2.45) is 0 Å². The quantitative estimate of drug-likeness (QED) is 0.437. The Balaban J connectivity index is 2.96. The molecule has 3 N–H and O–H groups in total. The average molecular weight is 230 g/mol. The van der Waals surface area contributed by atoms with E-state index in [1.165, 1.54) is 52.1 Å². The van der Waals surface area contributed by atoms with Crippen molar-refractivity contribution < 1.29 is 15.3 Å². The Hall–Kier alpha value is -0.570. The van der Waals surface area contributed by atoms with Crippen LogP contribution in [-0.4, -0.2) is 19.6 Å². The minimum absolute atomic E-state index is 0.0758. The second-order valence-electron chi connectivity index (χ2n) is 4.36. The standard InChI is InChI=1S/C13H27NO2/c1-16-13(15)11-9-7-5-3-2-4-6-8-10-12-14/h2-12,14H2,1H3/p+1. The van der Waals surface area contributed by atoms with Gasteiger partial charge in [0.15, 0.2) is 0 Å². The summed E-state index contributed by atoms with van der Waals surface area (Å²) < 4.78 is 4.59. The van der Waals surface area contributed by atoms with Crippen LogP contribution in [0.2, 0.25) is 0 Å². The number of quaternary nitrogens is 1. The Bertz CT molecular complexity index is 160. The van der Waals surface area contributed by atoms with Gasteiger partial charge in [-0.1, -0.05) is 38.5 Å². The van der Waals surface area contributed by atoms with Gasteiger partial charge in [-0.05, 0) is 19.3 Å². The van der Waals surface area contributed by atoms with Crippen LogP contribution in [0.25, 0.3) is 0 Å². The monoisotopic (exact) mass is 230 g/mol. The van der Waals surface area contributed by atoms with Gasteiger partial charge in [0.2, 0.25) is 0 Å². The normalized spacial score (nSPS) is 10.4. The summed E-state index contributed by atoms with van der Waals surface area (Å²) in [5.74, 6) is -0.0758. The van der Waals surface area contributed by atoms with E-state index < -0.39 is 0 Å². The maximum absolute atomic E-state index is 10.8. The van der Waals surface area contributed by atoms with Gasteiger partial charge in [0.25, 0.3) is 0 Å². The Morgan fingerprint density at radius 2 is 1.31 bits per heavy atom. The van der Waals surface area contributed by atoms with Crippen LogP contribution < -0.4 is 5.73 Å². The number of unbranched alkanes of at least 4 members (excludes halogenated alkanes) is 8. The van der Waals surface area contributed by atoms with E-state index in [0.29, 0.717) is 6.42 Å². The van der Waals surface area contributed by atoms with Gasteiger partial charge in [0.05, 0.1) is 13.7 Å². The van der Waals surface area contributed by atoms with E-state index in [0.717, 1.165) is 19.4 Å². The minimum Gasteiger partial charge on any atom is -0.469 e. The summed E-state index contributed by atoms with van der Waals surface area (Å²) >= 11 is 0. The summed E-state index contributed by atoms with van der Waals surface area (Å²) in [5.41, 5.74) is 3.84. The van der Waals surface area contributed by atoms with Gasteiger partial charge in [0, 0.05) is 6.42 Å².